The average molecular weight is 340 g/mol. The molecule has 0 spiro atoms. The summed E-state index contributed by atoms with van der Waals surface area (Å²) in [5.74, 6) is 0.310. The molecule has 1 atom stereocenters. The van der Waals surface area contributed by atoms with Crippen molar-refractivity contribution < 1.29 is 4.79 Å². The van der Waals surface area contributed by atoms with E-state index in [1.165, 1.54) is 5.56 Å². The highest BCUT2D eigenvalue weighted by Crippen LogP contribution is 2.39. The average Bonchev–Trinajstić information content (AvgIpc) is 3.47. The molecule has 134 valence electrons. The molecule has 1 aliphatic heterocycles. The first kappa shape index (κ1) is 17.9. The van der Waals surface area contributed by atoms with E-state index in [1.807, 2.05) is 13.0 Å². The number of nitrogens with one attached hydrogen (secondary N) is 1. The maximum Gasteiger partial charge on any atom is 0.235 e. The van der Waals surface area contributed by atoms with E-state index in [4.69, 9.17) is 0 Å². The van der Waals surface area contributed by atoms with Gasteiger partial charge >= 0.3 is 0 Å². The number of piperazine rings is 1. The molecular weight excluding hydrogens is 312 g/mol. The van der Waals surface area contributed by atoms with Gasteiger partial charge in [0.2, 0.25) is 5.91 Å². The van der Waals surface area contributed by atoms with Crippen LogP contribution in [0.15, 0.2) is 30.3 Å². The summed E-state index contributed by atoms with van der Waals surface area (Å²) in [5.41, 5.74) is 0.689. The van der Waals surface area contributed by atoms with Gasteiger partial charge in [-0.3, -0.25) is 9.69 Å². The Kier molecular flexibility index (Phi) is 5.72. The number of benzene rings is 1. The van der Waals surface area contributed by atoms with E-state index in [-0.39, 0.29) is 5.91 Å². The van der Waals surface area contributed by atoms with Crippen molar-refractivity contribution in [2.45, 2.75) is 31.7 Å². The number of carbonyl (C=O) groups excluding carboxylic acids is 1. The lowest BCUT2D eigenvalue weighted by Crippen LogP contribution is -2.53. The van der Waals surface area contributed by atoms with Crippen LogP contribution in [0.25, 0.3) is 0 Å². The van der Waals surface area contributed by atoms with E-state index in [1.54, 1.807) is 0 Å². The van der Waals surface area contributed by atoms with Gasteiger partial charge in [0.05, 0.1) is 12.6 Å². The van der Waals surface area contributed by atoms with Gasteiger partial charge in [0.15, 0.2) is 0 Å². The minimum atomic E-state index is -0.686. The first-order chi connectivity index (χ1) is 12.1. The van der Waals surface area contributed by atoms with Gasteiger partial charge in [-0.1, -0.05) is 30.3 Å². The van der Waals surface area contributed by atoms with Crippen molar-refractivity contribution in [2.75, 3.05) is 39.3 Å². The highest BCUT2D eigenvalue weighted by Gasteiger charge is 2.43. The van der Waals surface area contributed by atoms with Crippen molar-refractivity contribution in [1.82, 2.24) is 15.1 Å². The summed E-state index contributed by atoms with van der Waals surface area (Å²) in [6, 6.07) is 12.9. The second-order valence-corrected chi connectivity index (χ2v) is 7.49. The van der Waals surface area contributed by atoms with Gasteiger partial charge in [0, 0.05) is 32.7 Å². The molecule has 2 fully saturated rings. The van der Waals surface area contributed by atoms with Crippen LogP contribution in [-0.4, -0.2) is 60.5 Å². The fraction of sp³-hybridized carbons (Fsp3) is 0.600. The largest absolute Gasteiger partial charge is 0.337 e. The summed E-state index contributed by atoms with van der Waals surface area (Å²) in [7, 11) is 0. The normalized spacial score (nSPS) is 21.3. The van der Waals surface area contributed by atoms with E-state index < -0.39 is 5.54 Å². The first-order valence-corrected chi connectivity index (χ1v) is 9.30. The summed E-state index contributed by atoms with van der Waals surface area (Å²) >= 11 is 0. The Bertz CT molecular complexity index is 614. The quantitative estimate of drug-likeness (QED) is 0.820. The zero-order valence-electron chi connectivity index (χ0n) is 15.1. The molecule has 5 nitrogen and oxygen atoms in total. The van der Waals surface area contributed by atoms with Crippen molar-refractivity contribution in [2.24, 2.45) is 5.92 Å². The van der Waals surface area contributed by atoms with Gasteiger partial charge in [-0.05, 0) is 37.7 Å². The molecule has 0 bridgehead atoms. The lowest BCUT2D eigenvalue weighted by Gasteiger charge is -2.35. The van der Waals surface area contributed by atoms with E-state index in [0.29, 0.717) is 12.5 Å². The number of hydrogen-bond donors (Lipinski definition) is 1. The van der Waals surface area contributed by atoms with E-state index >= 15 is 0 Å². The molecule has 0 aromatic heterocycles. The molecule has 1 saturated heterocycles. The second-order valence-electron chi connectivity index (χ2n) is 7.49. The van der Waals surface area contributed by atoms with Crippen LogP contribution in [-0.2, 0) is 11.2 Å². The highest BCUT2D eigenvalue weighted by molar-refractivity contribution is 5.79. The van der Waals surface area contributed by atoms with Crippen molar-refractivity contribution in [3.05, 3.63) is 35.9 Å². The van der Waals surface area contributed by atoms with Crippen molar-refractivity contribution >= 4 is 5.91 Å². The van der Waals surface area contributed by atoms with Gasteiger partial charge in [-0.25, -0.2) is 0 Å². The smallest absolute Gasteiger partial charge is 0.235 e. The molecule has 1 aromatic carbocycles. The van der Waals surface area contributed by atoms with Crippen LogP contribution >= 0.6 is 0 Å². The number of nitrogens with zero attached hydrogens (tertiary/aromatic N) is 3. The second kappa shape index (κ2) is 7.99. The van der Waals surface area contributed by atoms with Crippen LogP contribution in [0, 0.1) is 17.2 Å². The minimum Gasteiger partial charge on any atom is -0.337 e. The van der Waals surface area contributed by atoms with Crippen LogP contribution in [0.5, 0.6) is 0 Å². The van der Waals surface area contributed by atoms with Gasteiger partial charge in [-0.15, -0.1) is 0 Å². The molecule has 1 heterocycles. The summed E-state index contributed by atoms with van der Waals surface area (Å²) in [5, 5.41) is 12.3. The van der Waals surface area contributed by atoms with E-state index in [2.05, 4.69) is 45.5 Å². The summed E-state index contributed by atoms with van der Waals surface area (Å²) in [6.45, 7) is 7.14. The highest BCUT2D eigenvalue weighted by atomic mass is 16.2. The Hall–Kier alpha value is -1.90. The first-order valence-electron chi connectivity index (χ1n) is 9.30. The van der Waals surface area contributed by atoms with Gasteiger partial charge in [0.1, 0.15) is 5.54 Å². The lowest BCUT2D eigenvalue weighted by atomic mass is 9.98. The SMILES string of the molecule is C[C@@](C#N)(NC(=O)CN1CCN(CCc2ccccc2)CC1)C1CC1. The Morgan fingerprint density at radius 2 is 1.84 bits per heavy atom. The van der Waals surface area contributed by atoms with Crippen LogP contribution < -0.4 is 5.32 Å². The molecule has 1 saturated carbocycles. The predicted molar refractivity (Wildman–Crippen MR) is 97.9 cm³/mol. The molecule has 0 radical (unpaired) electrons. The fourth-order valence-corrected chi connectivity index (χ4v) is 3.52. The minimum absolute atomic E-state index is 0.0197. The molecule has 1 aliphatic carbocycles. The number of rotatable bonds is 7. The number of carbonyl (C=O) groups is 1. The van der Waals surface area contributed by atoms with Gasteiger partial charge < -0.3 is 10.2 Å². The summed E-state index contributed by atoms with van der Waals surface area (Å²) < 4.78 is 0. The zero-order chi connectivity index (χ0) is 17.7. The third-order valence-corrected chi connectivity index (χ3v) is 5.42. The lowest BCUT2D eigenvalue weighted by molar-refractivity contribution is -0.124. The standard InChI is InChI=1S/C20H28N4O/c1-20(16-21,18-7-8-18)22-19(25)15-24-13-11-23(12-14-24)10-9-17-5-3-2-4-6-17/h2-6,18H,7-15H2,1H3,(H,22,25)/t20-/m0/s1. The molecular formula is C20H28N4O. The maximum atomic E-state index is 12.3. The third-order valence-electron chi connectivity index (χ3n) is 5.42. The van der Waals surface area contributed by atoms with Crippen LogP contribution in [0.4, 0.5) is 0 Å². The molecule has 0 unspecified atom stereocenters. The van der Waals surface area contributed by atoms with Gasteiger partial charge in [-0.2, -0.15) is 5.26 Å². The van der Waals surface area contributed by atoms with Crippen molar-refractivity contribution in [1.29, 1.82) is 5.26 Å². The molecule has 1 aromatic rings. The van der Waals surface area contributed by atoms with Crippen LogP contribution in [0.2, 0.25) is 0 Å². The Balaban J connectivity index is 1.37. The third kappa shape index (κ3) is 5.04. The molecule has 1 amide bonds. The predicted octanol–water partition coefficient (Wildman–Crippen LogP) is 1.66. The number of amides is 1. The Morgan fingerprint density at radius 1 is 1.20 bits per heavy atom. The maximum absolute atomic E-state index is 12.3. The Labute approximate surface area is 150 Å². The summed E-state index contributed by atoms with van der Waals surface area (Å²) in [6.07, 6.45) is 3.16. The molecule has 1 N–H and O–H groups in total. The molecule has 5 heteroatoms. The fourth-order valence-electron chi connectivity index (χ4n) is 3.52. The number of hydrogen-bond acceptors (Lipinski definition) is 4. The monoisotopic (exact) mass is 340 g/mol. The van der Waals surface area contributed by atoms with Crippen LogP contribution in [0.3, 0.4) is 0 Å². The summed E-state index contributed by atoms with van der Waals surface area (Å²) in [4.78, 5) is 16.9. The topological polar surface area (TPSA) is 59.4 Å². The van der Waals surface area contributed by atoms with Crippen LogP contribution in [0.1, 0.15) is 25.3 Å². The zero-order valence-corrected chi connectivity index (χ0v) is 15.1. The molecule has 2 aliphatic rings. The van der Waals surface area contributed by atoms with E-state index in [9.17, 15) is 10.1 Å². The Morgan fingerprint density at radius 3 is 2.44 bits per heavy atom. The van der Waals surface area contributed by atoms with Gasteiger partial charge in [0.25, 0.3) is 0 Å². The number of nitriles is 1. The molecule has 25 heavy (non-hydrogen) atoms. The van der Waals surface area contributed by atoms with E-state index in [0.717, 1.165) is 52.0 Å². The van der Waals surface area contributed by atoms with Crippen molar-refractivity contribution in [3.8, 4) is 6.07 Å². The molecule has 3 rings (SSSR count). The van der Waals surface area contributed by atoms with Crippen molar-refractivity contribution in [3.63, 3.8) is 0 Å².